The molecule has 1 aliphatic rings. The second-order valence-corrected chi connectivity index (χ2v) is 7.93. The Balaban J connectivity index is 1.84. The Morgan fingerprint density at radius 1 is 1.28 bits per heavy atom. The van der Waals surface area contributed by atoms with Gasteiger partial charge in [-0.1, -0.05) is 13.3 Å². The largest absolute Gasteiger partial charge is 0.416 e. The van der Waals surface area contributed by atoms with Crippen molar-refractivity contribution < 1.29 is 27.7 Å². The lowest BCUT2D eigenvalue weighted by Gasteiger charge is -2.33. The standard InChI is InChI=1S/C21H29F3N4O4/c1-3-4-11-26(2)20(30)15-8-12-27(13-9-15)19(29)7-10-25-17-6-5-16(21(22,23)24)14-18(17)28(31)32/h5-6,14-15,25H,3-4,7-13H2,1-2H3. The molecule has 178 valence electrons. The van der Waals surface area contributed by atoms with E-state index in [2.05, 4.69) is 12.2 Å². The summed E-state index contributed by atoms with van der Waals surface area (Å²) >= 11 is 0. The van der Waals surface area contributed by atoms with E-state index in [1.54, 1.807) is 16.8 Å². The third kappa shape index (κ3) is 6.83. The van der Waals surface area contributed by atoms with Crippen molar-refractivity contribution in [2.45, 2.75) is 45.2 Å². The first kappa shape index (κ1) is 25.4. The van der Waals surface area contributed by atoms with E-state index >= 15 is 0 Å². The number of amides is 2. The van der Waals surface area contributed by atoms with E-state index in [4.69, 9.17) is 0 Å². The average molecular weight is 458 g/mol. The number of piperidine rings is 1. The van der Waals surface area contributed by atoms with Crippen molar-refractivity contribution >= 4 is 23.2 Å². The average Bonchev–Trinajstić information content (AvgIpc) is 2.76. The lowest BCUT2D eigenvalue weighted by Crippen LogP contribution is -2.44. The van der Waals surface area contributed by atoms with E-state index in [-0.39, 0.29) is 36.4 Å². The van der Waals surface area contributed by atoms with Crippen molar-refractivity contribution in [3.8, 4) is 0 Å². The van der Waals surface area contributed by atoms with Crippen LogP contribution in [-0.4, -0.2) is 59.8 Å². The highest BCUT2D eigenvalue weighted by Crippen LogP contribution is 2.35. The number of unbranched alkanes of at least 4 members (excludes halogenated alkanes) is 1. The molecule has 0 atom stereocenters. The normalized spacial score (nSPS) is 14.8. The number of nitro groups is 1. The Bertz CT molecular complexity index is 824. The SMILES string of the molecule is CCCCN(C)C(=O)C1CCN(C(=O)CCNc2ccc(C(F)(F)F)cc2[N+](=O)[O-])CC1. The molecule has 1 saturated heterocycles. The number of likely N-dealkylation sites (tertiary alicyclic amines) is 1. The number of rotatable bonds is 9. The molecular weight excluding hydrogens is 429 g/mol. The van der Waals surface area contributed by atoms with Gasteiger partial charge in [-0.2, -0.15) is 13.2 Å². The van der Waals surface area contributed by atoms with Gasteiger partial charge in [0, 0.05) is 51.6 Å². The van der Waals surface area contributed by atoms with Gasteiger partial charge in [-0.25, -0.2) is 0 Å². The molecule has 0 aromatic heterocycles. The fraction of sp³-hybridized carbons (Fsp3) is 0.619. The molecule has 0 bridgehead atoms. The van der Waals surface area contributed by atoms with Crippen molar-refractivity contribution in [2.24, 2.45) is 5.92 Å². The van der Waals surface area contributed by atoms with Crippen LogP contribution in [0, 0.1) is 16.0 Å². The van der Waals surface area contributed by atoms with E-state index in [1.807, 2.05) is 0 Å². The minimum atomic E-state index is -4.68. The predicted molar refractivity (Wildman–Crippen MR) is 113 cm³/mol. The van der Waals surface area contributed by atoms with Gasteiger partial charge in [0.05, 0.1) is 10.5 Å². The van der Waals surface area contributed by atoms with Crippen LogP contribution in [0.4, 0.5) is 24.5 Å². The maximum atomic E-state index is 12.8. The number of hydrogen-bond donors (Lipinski definition) is 1. The van der Waals surface area contributed by atoms with Crippen LogP contribution in [0.1, 0.15) is 44.6 Å². The molecule has 1 aromatic carbocycles. The zero-order chi connectivity index (χ0) is 23.9. The first-order chi connectivity index (χ1) is 15.0. The van der Waals surface area contributed by atoms with Gasteiger partial charge in [0.25, 0.3) is 5.69 Å². The number of carbonyl (C=O) groups is 2. The molecule has 11 heteroatoms. The van der Waals surface area contributed by atoms with E-state index < -0.39 is 22.4 Å². The monoisotopic (exact) mass is 458 g/mol. The predicted octanol–water partition coefficient (Wildman–Crippen LogP) is 3.91. The van der Waals surface area contributed by atoms with Gasteiger partial charge in [-0.05, 0) is 31.4 Å². The van der Waals surface area contributed by atoms with Gasteiger partial charge < -0.3 is 15.1 Å². The highest BCUT2D eigenvalue weighted by molar-refractivity contribution is 5.80. The Morgan fingerprint density at radius 2 is 1.94 bits per heavy atom. The number of nitrogens with zero attached hydrogens (tertiary/aromatic N) is 3. The van der Waals surface area contributed by atoms with Crippen molar-refractivity contribution in [3.63, 3.8) is 0 Å². The zero-order valence-corrected chi connectivity index (χ0v) is 18.3. The van der Waals surface area contributed by atoms with Crippen LogP contribution in [0.5, 0.6) is 0 Å². The molecule has 0 aliphatic carbocycles. The molecule has 32 heavy (non-hydrogen) atoms. The molecule has 8 nitrogen and oxygen atoms in total. The highest BCUT2D eigenvalue weighted by atomic mass is 19.4. The van der Waals surface area contributed by atoms with Crippen LogP contribution in [0.3, 0.4) is 0 Å². The second kappa shape index (κ2) is 11.1. The molecule has 0 radical (unpaired) electrons. The molecule has 2 amide bonds. The van der Waals surface area contributed by atoms with E-state index in [0.717, 1.165) is 31.5 Å². The first-order valence-corrected chi connectivity index (χ1v) is 10.7. The van der Waals surface area contributed by atoms with Crippen molar-refractivity contribution in [2.75, 3.05) is 38.5 Å². The van der Waals surface area contributed by atoms with Gasteiger partial charge in [-0.3, -0.25) is 19.7 Å². The molecule has 0 spiro atoms. The number of nitrogens with one attached hydrogen (secondary N) is 1. The Hall–Kier alpha value is -2.85. The summed E-state index contributed by atoms with van der Waals surface area (Å²) in [4.78, 5) is 38.6. The third-order valence-electron chi connectivity index (χ3n) is 5.60. The molecule has 1 aromatic rings. The fourth-order valence-corrected chi connectivity index (χ4v) is 3.66. The summed E-state index contributed by atoms with van der Waals surface area (Å²) in [5.74, 6) is -0.173. The molecule has 2 rings (SSSR count). The Kier molecular flexibility index (Phi) is 8.85. The quantitative estimate of drug-likeness (QED) is 0.447. The summed E-state index contributed by atoms with van der Waals surface area (Å²) in [6.45, 7) is 3.74. The van der Waals surface area contributed by atoms with Crippen LogP contribution in [0.25, 0.3) is 0 Å². The fourth-order valence-electron chi connectivity index (χ4n) is 3.66. The number of hydrogen-bond acceptors (Lipinski definition) is 5. The van der Waals surface area contributed by atoms with E-state index in [1.165, 1.54) is 0 Å². The van der Waals surface area contributed by atoms with Crippen molar-refractivity contribution in [1.82, 2.24) is 9.80 Å². The number of carbonyl (C=O) groups excluding carboxylic acids is 2. The smallest absolute Gasteiger partial charge is 0.379 e. The third-order valence-corrected chi connectivity index (χ3v) is 5.60. The van der Waals surface area contributed by atoms with E-state index in [0.29, 0.717) is 32.0 Å². The van der Waals surface area contributed by atoms with Gasteiger partial charge in [-0.15, -0.1) is 0 Å². The van der Waals surface area contributed by atoms with Crippen LogP contribution in [0.15, 0.2) is 18.2 Å². The number of benzene rings is 1. The molecule has 1 heterocycles. The highest BCUT2D eigenvalue weighted by Gasteiger charge is 2.33. The second-order valence-electron chi connectivity index (χ2n) is 7.93. The molecule has 1 N–H and O–H groups in total. The first-order valence-electron chi connectivity index (χ1n) is 10.7. The van der Waals surface area contributed by atoms with Crippen LogP contribution >= 0.6 is 0 Å². The number of alkyl halides is 3. The van der Waals surface area contributed by atoms with Crippen LogP contribution < -0.4 is 5.32 Å². The maximum absolute atomic E-state index is 12.8. The number of anilines is 1. The molecule has 1 aliphatic heterocycles. The summed E-state index contributed by atoms with van der Waals surface area (Å²) in [6, 6.07) is 2.23. The topological polar surface area (TPSA) is 95.8 Å². The molecule has 0 saturated carbocycles. The molecular formula is C21H29F3N4O4. The summed E-state index contributed by atoms with van der Waals surface area (Å²) in [5.41, 5.74) is -1.88. The molecule has 1 fully saturated rings. The number of halogens is 3. The lowest BCUT2D eigenvalue weighted by atomic mass is 9.95. The van der Waals surface area contributed by atoms with Crippen molar-refractivity contribution in [1.29, 1.82) is 0 Å². The summed E-state index contributed by atoms with van der Waals surface area (Å²) in [7, 11) is 1.79. The molecule has 0 unspecified atom stereocenters. The van der Waals surface area contributed by atoms with Gasteiger partial charge in [0.15, 0.2) is 0 Å². The van der Waals surface area contributed by atoms with Crippen LogP contribution in [-0.2, 0) is 15.8 Å². The van der Waals surface area contributed by atoms with Crippen molar-refractivity contribution in [3.05, 3.63) is 33.9 Å². The summed E-state index contributed by atoms with van der Waals surface area (Å²) < 4.78 is 38.4. The summed E-state index contributed by atoms with van der Waals surface area (Å²) in [5, 5.41) is 13.8. The number of nitro benzene ring substituents is 1. The minimum Gasteiger partial charge on any atom is -0.379 e. The van der Waals surface area contributed by atoms with Gasteiger partial charge in [0.2, 0.25) is 11.8 Å². The van der Waals surface area contributed by atoms with Crippen LogP contribution in [0.2, 0.25) is 0 Å². The lowest BCUT2D eigenvalue weighted by molar-refractivity contribution is -0.384. The maximum Gasteiger partial charge on any atom is 0.416 e. The zero-order valence-electron chi connectivity index (χ0n) is 18.3. The minimum absolute atomic E-state index is 0.0349. The van der Waals surface area contributed by atoms with Gasteiger partial charge >= 0.3 is 6.18 Å². The van der Waals surface area contributed by atoms with Gasteiger partial charge in [0.1, 0.15) is 5.69 Å². The Morgan fingerprint density at radius 3 is 2.50 bits per heavy atom. The summed E-state index contributed by atoms with van der Waals surface area (Å²) in [6.07, 6.45) is -1.53. The van der Waals surface area contributed by atoms with E-state index in [9.17, 15) is 32.9 Å². The Labute approximate surface area is 184 Å².